The number of ether oxygens (including phenoxy) is 1. The number of hydrogen-bond donors (Lipinski definition) is 0. The molecule has 0 aliphatic carbocycles. The van der Waals surface area contributed by atoms with Crippen molar-refractivity contribution < 1.29 is 4.74 Å². The van der Waals surface area contributed by atoms with Gasteiger partial charge in [-0.25, -0.2) is 4.98 Å². The molecule has 0 aliphatic heterocycles. The highest BCUT2D eigenvalue weighted by Gasteiger charge is 2.08. The van der Waals surface area contributed by atoms with Gasteiger partial charge in [0.15, 0.2) is 0 Å². The molecule has 20 heavy (non-hydrogen) atoms. The van der Waals surface area contributed by atoms with Crippen molar-refractivity contribution in [3.8, 4) is 5.88 Å². The zero-order valence-electron chi connectivity index (χ0n) is 10.4. The molecule has 0 saturated heterocycles. The maximum atomic E-state index is 6.10. The Labute approximate surface area is 126 Å². The van der Waals surface area contributed by atoms with E-state index >= 15 is 0 Å². The van der Waals surface area contributed by atoms with Crippen LogP contribution in [0, 0.1) is 0 Å². The second kappa shape index (κ2) is 5.65. The average Bonchev–Trinajstić information content (AvgIpc) is 2.46. The Bertz CT molecular complexity index is 762. The summed E-state index contributed by atoms with van der Waals surface area (Å²) in [6.45, 7) is 0.330. The molecule has 0 radical (unpaired) electrons. The molecule has 0 N–H and O–H groups in total. The summed E-state index contributed by atoms with van der Waals surface area (Å²) >= 11 is 12.0. The van der Waals surface area contributed by atoms with Crippen LogP contribution in [0.2, 0.25) is 10.3 Å². The van der Waals surface area contributed by atoms with Gasteiger partial charge in [-0.05, 0) is 29.8 Å². The van der Waals surface area contributed by atoms with Crippen molar-refractivity contribution in [1.29, 1.82) is 0 Å². The molecule has 1 heterocycles. The molecule has 3 rings (SSSR count). The minimum Gasteiger partial charge on any atom is -0.472 e. The van der Waals surface area contributed by atoms with Gasteiger partial charge in [0.25, 0.3) is 0 Å². The van der Waals surface area contributed by atoms with Crippen molar-refractivity contribution in [2.45, 2.75) is 6.61 Å². The Balaban J connectivity index is 1.93. The topological polar surface area (TPSA) is 35.0 Å². The van der Waals surface area contributed by atoms with E-state index in [1.165, 1.54) is 0 Å². The number of para-hydroxylation sites is 1. The fourth-order valence-electron chi connectivity index (χ4n) is 1.89. The Morgan fingerprint density at radius 3 is 2.50 bits per heavy atom. The third-order valence-corrected chi connectivity index (χ3v) is 3.40. The Hall–Kier alpha value is -1.84. The van der Waals surface area contributed by atoms with Crippen LogP contribution in [0.3, 0.4) is 0 Å². The Morgan fingerprint density at radius 1 is 0.900 bits per heavy atom. The molecule has 0 fully saturated rings. The smallest absolute Gasteiger partial charge is 0.226 e. The van der Waals surface area contributed by atoms with Crippen molar-refractivity contribution in [3.05, 3.63) is 64.4 Å². The number of benzene rings is 2. The van der Waals surface area contributed by atoms with E-state index in [2.05, 4.69) is 9.97 Å². The van der Waals surface area contributed by atoms with E-state index in [9.17, 15) is 0 Å². The summed E-state index contributed by atoms with van der Waals surface area (Å²) in [6.07, 6.45) is 0. The molecule has 100 valence electrons. The predicted molar refractivity (Wildman–Crippen MR) is 80.3 cm³/mol. The highest BCUT2D eigenvalue weighted by atomic mass is 35.5. The van der Waals surface area contributed by atoms with E-state index in [1.54, 1.807) is 0 Å². The maximum Gasteiger partial charge on any atom is 0.226 e. The normalized spacial score (nSPS) is 10.7. The highest BCUT2D eigenvalue weighted by Crippen LogP contribution is 2.25. The van der Waals surface area contributed by atoms with Gasteiger partial charge in [0.2, 0.25) is 11.2 Å². The number of nitrogens with zero attached hydrogens (tertiary/aromatic N) is 2. The van der Waals surface area contributed by atoms with Crippen molar-refractivity contribution in [3.63, 3.8) is 0 Å². The zero-order valence-corrected chi connectivity index (χ0v) is 11.9. The first-order valence-corrected chi connectivity index (χ1v) is 6.78. The van der Waals surface area contributed by atoms with Gasteiger partial charge in [0.05, 0.1) is 10.9 Å². The third kappa shape index (κ3) is 2.69. The highest BCUT2D eigenvalue weighted by molar-refractivity contribution is 6.31. The maximum absolute atomic E-state index is 6.10. The molecule has 3 aromatic rings. The van der Waals surface area contributed by atoms with Crippen molar-refractivity contribution in [2.75, 3.05) is 0 Å². The van der Waals surface area contributed by atoms with Crippen LogP contribution in [0.15, 0.2) is 48.5 Å². The number of aromatic nitrogens is 2. The molecule has 0 unspecified atom stereocenters. The number of rotatable bonds is 3. The molecule has 1 aromatic heterocycles. The minimum atomic E-state index is 0.165. The monoisotopic (exact) mass is 304 g/mol. The quantitative estimate of drug-likeness (QED) is 0.668. The van der Waals surface area contributed by atoms with Crippen LogP contribution in [0.25, 0.3) is 10.9 Å². The molecule has 5 heteroatoms. The van der Waals surface area contributed by atoms with Gasteiger partial charge in [-0.1, -0.05) is 41.9 Å². The first-order chi connectivity index (χ1) is 9.74. The lowest BCUT2D eigenvalue weighted by atomic mass is 10.2. The van der Waals surface area contributed by atoms with E-state index in [-0.39, 0.29) is 5.28 Å². The van der Waals surface area contributed by atoms with Crippen molar-refractivity contribution in [2.24, 2.45) is 0 Å². The molecule has 2 aromatic carbocycles. The molecule has 0 saturated carbocycles. The van der Waals surface area contributed by atoms with Crippen molar-refractivity contribution >= 4 is 34.1 Å². The summed E-state index contributed by atoms with van der Waals surface area (Å²) in [5, 5.41) is 1.65. The van der Waals surface area contributed by atoms with Crippen LogP contribution in [0.5, 0.6) is 5.88 Å². The lowest BCUT2D eigenvalue weighted by Gasteiger charge is -2.09. The standard InChI is InChI=1S/C15H10Cl2N2O/c16-12-7-3-1-5-10(12)9-20-14-11-6-2-4-8-13(11)18-15(17)19-14/h1-8H,9H2. The van der Waals surface area contributed by atoms with Crippen LogP contribution >= 0.6 is 23.2 Å². The zero-order chi connectivity index (χ0) is 13.9. The van der Waals surface area contributed by atoms with Crippen LogP contribution in [-0.4, -0.2) is 9.97 Å². The van der Waals surface area contributed by atoms with Gasteiger partial charge in [-0.3, -0.25) is 0 Å². The van der Waals surface area contributed by atoms with Crippen LogP contribution in [-0.2, 0) is 6.61 Å². The van der Waals surface area contributed by atoms with E-state index in [0.29, 0.717) is 17.5 Å². The molecule has 0 spiro atoms. The van der Waals surface area contributed by atoms with Crippen molar-refractivity contribution in [1.82, 2.24) is 9.97 Å². The first kappa shape index (κ1) is 13.2. The summed E-state index contributed by atoms with van der Waals surface area (Å²) in [4.78, 5) is 8.29. The summed E-state index contributed by atoms with van der Waals surface area (Å²) in [6, 6.07) is 15.1. The summed E-state index contributed by atoms with van der Waals surface area (Å²) < 4.78 is 5.75. The Morgan fingerprint density at radius 2 is 1.65 bits per heavy atom. The van der Waals surface area contributed by atoms with E-state index in [0.717, 1.165) is 16.5 Å². The number of fused-ring (bicyclic) bond motifs is 1. The lowest BCUT2D eigenvalue weighted by molar-refractivity contribution is 0.298. The molecule has 3 nitrogen and oxygen atoms in total. The summed E-state index contributed by atoms with van der Waals surface area (Å²) in [5.74, 6) is 0.459. The largest absolute Gasteiger partial charge is 0.472 e. The average molecular weight is 305 g/mol. The van der Waals surface area contributed by atoms with Crippen LogP contribution in [0.1, 0.15) is 5.56 Å². The second-order valence-corrected chi connectivity index (χ2v) is 4.94. The number of hydrogen-bond acceptors (Lipinski definition) is 3. The minimum absolute atomic E-state index is 0.165. The van der Waals surface area contributed by atoms with Gasteiger partial charge in [-0.2, -0.15) is 4.98 Å². The summed E-state index contributed by atoms with van der Waals surface area (Å²) in [7, 11) is 0. The van der Waals surface area contributed by atoms with E-state index in [1.807, 2.05) is 48.5 Å². The lowest BCUT2D eigenvalue weighted by Crippen LogP contribution is -2.00. The summed E-state index contributed by atoms with van der Waals surface area (Å²) in [5.41, 5.74) is 1.65. The molecule has 0 bridgehead atoms. The molecular formula is C15H10Cl2N2O. The molecule has 0 aliphatic rings. The number of halogens is 2. The van der Waals surface area contributed by atoms with Gasteiger partial charge in [0.1, 0.15) is 6.61 Å². The first-order valence-electron chi connectivity index (χ1n) is 6.02. The fourth-order valence-corrected chi connectivity index (χ4v) is 2.25. The van der Waals surface area contributed by atoms with Crippen LogP contribution in [0.4, 0.5) is 0 Å². The van der Waals surface area contributed by atoms with Gasteiger partial charge in [-0.15, -0.1) is 0 Å². The SMILES string of the molecule is Clc1nc(OCc2ccccc2Cl)c2ccccc2n1. The van der Waals surface area contributed by atoms with Gasteiger partial charge < -0.3 is 4.74 Å². The van der Waals surface area contributed by atoms with Gasteiger partial charge >= 0.3 is 0 Å². The third-order valence-electron chi connectivity index (χ3n) is 2.86. The van der Waals surface area contributed by atoms with Crippen LogP contribution < -0.4 is 4.74 Å². The predicted octanol–water partition coefficient (Wildman–Crippen LogP) is 4.52. The van der Waals surface area contributed by atoms with Gasteiger partial charge in [0, 0.05) is 10.6 Å². The molecular weight excluding hydrogens is 295 g/mol. The molecule has 0 amide bonds. The Kier molecular flexibility index (Phi) is 3.72. The second-order valence-electron chi connectivity index (χ2n) is 4.20. The fraction of sp³-hybridized carbons (Fsp3) is 0.0667. The molecule has 0 atom stereocenters. The van der Waals surface area contributed by atoms with E-state index in [4.69, 9.17) is 27.9 Å². The van der Waals surface area contributed by atoms with E-state index < -0.39 is 0 Å².